The van der Waals surface area contributed by atoms with Gasteiger partial charge < -0.3 is 14.5 Å². The zero-order valence-electron chi connectivity index (χ0n) is 14.9. The van der Waals surface area contributed by atoms with E-state index in [4.69, 9.17) is 16.3 Å². The van der Waals surface area contributed by atoms with Gasteiger partial charge >= 0.3 is 0 Å². The minimum absolute atomic E-state index is 0.788. The monoisotopic (exact) mass is 338 g/mol. The van der Waals surface area contributed by atoms with Crippen LogP contribution in [0.25, 0.3) is 0 Å². The third-order valence-corrected chi connectivity index (χ3v) is 4.85. The molecule has 0 amide bonds. The summed E-state index contributed by atoms with van der Waals surface area (Å²) in [6.07, 6.45) is 4.99. The lowest BCUT2D eigenvalue weighted by atomic mass is 10.1. The predicted octanol–water partition coefficient (Wildman–Crippen LogP) is 4.14. The molecule has 0 aliphatic carbocycles. The zero-order valence-corrected chi connectivity index (χ0v) is 15.7. The molecule has 4 heteroatoms. The molecule has 1 heterocycles. The molecule has 0 atom stereocenters. The van der Waals surface area contributed by atoms with Crippen molar-refractivity contribution in [1.29, 1.82) is 0 Å². The molecule has 1 aromatic rings. The van der Waals surface area contributed by atoms with Gasteiger partial charge in [-0.05, 0) is 63.5 Å². The van der Waals surface area contributed by atoms with Crippen LogP contribution in [0.4, 0.5) is 0 Å². The van der Waals surface area contributed by atoms with Crippen molar-refractivity contribution in [2.45, 2.75) is 39.5 Å². The SMILES string of the molecule is Cc1cc(Cl)cc(C)c1OCCCCCCN1CCN(C)CC1. The first-order chi connectivity index (χ1) is 11.1. The summed E-state index contributed by atoms with van der Waals surface area (Å²) in [7, 11) is 2.21. The average molecular weight is 339 g/mol. The first-order valence-corrected chi connectivity index (χ1v) is 9.24. The largest absolute Gasteiger partial charge is 0.493 e. The van der Waals surface area contributed by atoms with Gasteiger partial charge in [0.2, 0.25) is 0 Å². The molecule has 0 N–H and O–H groups in total. The van der Waals surface area contributed by atoms with Gasteiger partial charge in [-0.2, -0.15) is 0 Å². The Balaban J connectivity index is 1.54. The lowest BCUT2D eigenvalue weighted by Crippen LogP contribution is -2.44. The summed E-state index contributed by atoms with van der Waals surface area (Å²) >= 11 is 6.05. The fourth-order valence-corrected chi connectivity index (χ4v) is 3.49. The highest BCUT2D eigenvalue weighted by Gasteiger charge is 2.12. The van der Waals surface area contributed by atoms with Crippen molar-refractivity contribution >= 4 is 11.6 Å². The van der Waals surface area contributed by atoms with Crippen molar-refractivity contribution in [2.75, 3.05) is 46.4 Å². The molecule has 1 aliphatic rings. The van der Waals surface area contributed by atoms with E-state index in [0.29, 0.717) is 0 Å². The number of ether oxygens (including phenoxy) is 1. The van der Waals surface area contributed by atoms with Crippen molar-refractivity contribution in [3.8, 4) is 5.75 Å². The van der Waals surface area contributed by atoms with Crippen molar-refractivity contribution in [3.05, 3.63) is 28.3 Å². The summed E-state index contributed by atoms with van der Waals surface area (Å²) in [5.41, 5.74) is 2.26. The number of rotatable bonds is 8. The van der Waals surface area contributed by atoms with Gasteiger partial charge in [-0.25, -0.2) is 0 Å². The second-order valence-electron chi connectivity index (χ2n) is 6.78. The fourth-order valence-electron chi connectivity index (χ4n) is 3.16. The molecule has 1 aliphatic heterocycles. The number of unbranched alkanes of at least 4 members (excludes halogenated alkanes) is 3. The Kier molecular flexibility index (Phi) is 7.68. The molecule has 23 heavy (non-hydrogen) atoms. The van der Waals surface area contributed by atoms with Gasteiger partial charge in [0.15, 0.2) is 0 Å². The lowest BCUT2D eigenvalue weighted by molar-refractivity contribution is 0.151. The van der Waals surface area contributed by atoms with E-state index in [-0.39, 0.29) is 0 Å². The smallest absolute Gasteiger partial charge is 0.125 e. The van der Waals surface area contributed by atoms with E-state index in [1.165, 1.54) is 52.0 Å². The van der Waals surface area contributed by atoms with Crippen LogP contribution in [0.1, 0.15) is 36.8 Å². The van der Waals surface area contributed by atoms with Crippen molar-refractivity contribution < 1.29 is 4.74 Å². The third-order valence-electron chi connectivity index (χ3n) is 4.64. The van der Waals surface area contributed by atoms with Crippen LogP contribution in [-0.2, 0) is 0 Å². The van der Waals surface area contributed by atoms with Crippen LogP contribution < -0.4 is 4.74 Å². The van der Waals surface area contributed by atoms with Crippen molar-refractivity contribution in [3.63, 3.8) is 0 Å². The standard InChI is InChI=1S/C19H31ClN2O/c1-16-14-18(20)15-17(2)19(16)23-13-7-5-4-6-8-22-11-9-21(3)10-12-22/h14-15H,4-13H2,1-3H3. The highest BCUT2D eigenvalue weighted by molar-refractivity contribution is 6.30. The summed E-state index contributed by atoms with van der Waals surface area (Å²) < 4.78 is 5.96. The van der Waals surface area contributed by atoms with Gasteiger partial charge in [0.25, 0.3) is 0 Å². The van der Waals surface area contributed by atoms with E-state index in [9.17, 15) is 0 Å². The lowest BCUT2D eigenvalue weighted by Gasteiger charge is -2.32. The topological polar surface area (TPSA) is 15.7 Å². The summed E-state index contributed by atoms with van der Waals surface area (Å²) in [5, 5.41) is 0.788. The zero-order chi connectivity index (χ0) is 16.7. The quantitative estimate of drug-likeness (QED) is 0.662. The number of aryl methyl sites for hydroxylation is 2. The first-order valence-electron chi connectivity index (χ1n) is 8.86. The number of likely N-dealkylation sites (N-methyl/N-ethyl adjacent to an activating group) is 1. The maximum Gasteiger partial charge on any atom is 0.125 e. The van der Waals surface area contributed by atoms with E-state index >= 15 is 0 Å². The molecule has 1 saturated heterocycles. The molecule has 0 unspecified atom stereocenters. The fraction of sp³-hybridized carbons (Fsp3) is 0.684. The van der Waals surface area contributed by atoms with Crippen LogP contribution in [0.2, 0.25) is 5.02 Å². The number of hydrogen-bond donors (Lipinski definition) is 0. The summed E-state index contributed by atoms with van der Waals surface area (Å²) in [6.45, 7) is 11.1. The molecule has 0 bridgehead atoms. The Morgan fingerprint density at radius 3 is 2.22 bits per heavy atom. The summed E-state index contributed by atoms with van der Waals surface area (Å²) in [4.78, 5) is 5.01. The molecule has 0 radical (unpaired) electrons. The Morgan fingerprint density at radius 1 is 0.957 bits per heavy atom. The number of nitrogens with zero attached hydrogens (tertiary/aromatic N) is 2. The molecular weight excluding hydrogens is 308 g/mol. The number of halogens is 1. The molecule has 130 valence electrons. The van der Waals surface area contributed by atoms with Crippen LogP contribution in [-0.4, -0.2) is 56.2 Å². The molecule has 1 aromatic carbocycles. The van der Waals surface area contributed by atoms with Crippen LogP contribution in [0.3, 0.4) is 0 Å². The van der Waals surface area contributed by atoms with E-state index in [2.05, 4.69) is 30.7 Å². The number of piperazine rings is 1. The minimum atomic E-state index is 0.788. The van der Waals surface area contributed by atoms with Crippen molar-refractivity contribution in [1.82, 2.24) is 9.80 Å². The van der Waals surface area contributed by atoms with Gasteiger partial charge in [0.05, 0.1) is 6.61 Å². The minimum Gasteiger partial charge on any atom is -0.493 e. The van der Waals surface area contributed by atoms with Crippen LogP contribution >= 0.6 is 11.6 Å². The Morgan fingerprint density at radius 2 is 1.57 bits per heavy atom. The molecule has 2 rings (SSSR count). The third kappa shape index (κ3) is 6.33. The highest BCUT2D eigenvalue weighted by atomic mass is 35.5. The van der Waals surface area contributed by atoms with E-state index in [0.717, 1.165) is 34.9 Å². The Bertz CT molecular complexity index is 461. The second kappa shape index (κ2) is 9.51. The maximum atomic E-state index is 6.05. The molecule has 0 saturated carbocycles. The Hall–Kier alpha value is -0.770. The van der Waals surface area contributed by atoms with E-state index in [1.54, 1.807) is 0 Å². The van der Waals surface area contributed by atoms with Gasteiger partial charge in [0, 0.05) is 31.2 Å². The second-order valence-corrected chi connectivity index (χ2v) is 7.21. The van der Waals surface area contributed by atoms with Gasteiger partial charge in [-0.15, -0.1) is 0 Å². The Labute approximate surface area is 146 Å². The van der Waals surface area contributed by atoms with Crippen LogP contribution in [0.5, 0.6) is 5.75 Å². The highest BCUT2D eigenvalue weighted by Crippen LogP contribution is 2.27. The van der Waals surface area contributed by atoms with Gasteiger partial charge in [0.1, 0.15) is 5.75 Å². The van der Waals surface area contributed by atoms with Crippen molar-refractivity contribution in [2.24, 2.45) is 0 Å². The van der Waals surface area contributed by atoms with Gasteiger partial charge in [-0.1, -0.05) is 24.4 Å². The summed E-state index contributed by atoms with van der Waals surface area (Å²) in [5.74, 6) is 1.01. The normalized spacial score (nSPS) is 16.7. The van der Waals surface area contributed by atoms with E-state index < -0.39 is 0 Å². The van der Waals surface area contributed by atoms with Crippen LogP contribution in [0, 0.1) is 13.8 Å². The first kappa shape index (κ1) is 18.6. The molecule has 0 aromatic heterocycles. The van der Waals surface area contributed by atoms with E-state index in [1.807, 2.05) is 12.1 Å². The summed E-state index contributed by atoms with van der Waals surface area (Å²) in [6, 6.07) is 3.94. The number of hydrogen-bond acceptors (Lipinski definition) is 3. The molecule has 0 spiro atoms. The molecular formula is C19H31ClN2O. The maximum absolute atomic E-state index is 6.05. The van der Waals surface area contributed by atoms with Crippen LogP contribution in [0.15, 0.2) is 12.1 Å². The molecule has 3 nitrogen and oxygen atoms in total. The predicted molar refractivity (Wildman–Crippen MR) is 98.8 cm³/mol. The average Bonchev–Trinajstić information content (AvgIpc) is 2.50. The number of benzene rings is 1. The van der Waals surface area contributed by atoms with Gasteiger partial charge in [-0.3, -0.25) is 0 Å². The molecule has 1 fully saturated rings.